The number of aromatic nitrogens is 3. The molecule has 5 aromatic rings. The minimum atomic E-state index is 0.324. The lowest BCUT2D eigenvalue weighted by atomic mass is 9.92. The molecule has 52 heavy (non-hydrogen) atoms. The number of piperidine rings is 1. The highest BCUT2D eigenvalue weighted by molar-refractivity contribution is 5.88. The van der Waals surface area contributed by atoms with Gasteiger partial charge in [0.15, 0.2) is 11.6 Å². The second kappa shape index (κ2) is 17.9. The number of ether oxygens (including phenoxy) is 1. The third kappa shape index (κ3) is 9.44. The van der Waals surface area contributed by atoms with Gasteiger partial charge in [0, 0.05) is 75.4 Å². The molecule has 0 atom stereocenters. The quantitative estimate of drug-likeness (QED) is 0.154. The van der Waals surface area contributed by atoms with Gasteiger partial charge in [-0.1, -0.05) is 35.5 Å². The Labute approximate surface area is 306 Å². The normalized spacial score (nSPS) is 15.3. The number of hydrogen-bond donors (Lipinski definition) is 2. The molecular formula is C40H51N9O3. The molecule has 0 bridgehead atoms. The number of carbonyl (C=O) groups excluding carboxylic acids is 1. The molecule has 0 radical (unpaired) electrons. The third-order valence-electron chi connectivity index (χ3n) is 9.71. The minimum absolute atomic E-state index is 0.324. The van der Waals surface area contributed by atoms with Gasteiger partial charge in [-0.05, 0) is 94.1 Å². The van der Waals surface area contributed by atoms with Crippen LogP contribution in [0.15, 0.2) is 83.4 Å². The zero-order valence-electron chi connectivity index (χ0n) is 30.8. The van der Waals surface area contributed by atoms with Crippen molar-refractivity contribution in [2.24, 2.45) is 0 Å². The van der Waals surface area contributed by atoms with E-state index < -0.39 is 0 Å². The standard InChI is InChI=1S/C28H32N6O2.C12H19N3O/c1-29-23-9-7-22(8-10-23)27-30-25-24(32-36-26(25)28(31-27)34-15-17-35-18-16-34)21-11-13-33(14-12-21)19-20-5-3-2-4-6-20;1-14(2)8-9-15(3)12-6-4-11(5-7-12)13-10-16/h2-10,21,29H,11-19H2,1H3;4-7,10H,8-9H2,1-3H3,(H,13,16). The van der Waals surface area contributed by atoms with E-state index in [9.17, 15) is 4.79 Å². The number of nitrogens with zero attached hydrogens (tertiary/aromatic N) is 7. The summed E-state index contributed by atoms with van der Waals surface area (Å²) in [5.41, 5.74) is 7.87. The number of anilines is 4. The Hall–Kier alpha value is -5.04. The summed E-state index contributed by atoms with van der Waals surface area (Å²) in [4.78, 5) is 29.3. The highest BCUT2D eigenvalue weighted by atomic mass is 16.5. The molecule has 2 aromatic heterocycles. The Morgan fingerprint density at radius 1 is 0.846 bits per heavy atom. The first-order valence-corrected chi connectivity index (χ1v) is 18.1. The van der Waals surface area contributed by atoms with Crippen molar-refractivity contribution >= 4 is 40.4 Å². The van der Waals surface area contributed by atoms with Crippen molar-refractivity contribution in [1.29, 1.82) is 0 Å². The van der Waals surface area contributed by atoms with Crippen LogP contribution in [0, 0.1) is 0 Å². The average molecular weight is 706 g/mol. The number of benzene rings is 3. The molecule has 2 aliphatic rings. The van der Waals surface area contributed by atoms with Crippen molar-refractivity contribution in [1.82, 2.24) is 24.9 Å². The van der Waals surface area contributed by atoms with Crippen molar-refractivity contribution < 1.29 is 14.1 Å². The number of likely N-dealkylation sites (tertiary alicyclic amines) is 1. The van der Waals surface area contributed by atoms with Crippen LogP contribution >= 0.6 is 0 Å². The summed E-state index contributed by atoms with van der Waals surface area (Å²) in [5.74, 6) is 1.85. The molecule has 2 aliphatic heterocycles. The van der Waals surface area contributed by atoms with E-state index in [0.29, 0.717) is 36.9 Å². The average Bonchev–Trinajstić information content (AvgIpc) is 3.62. The molecule has 0 unspecified atom stereocenters. The maximum Gasteiger partial charge on any atom is 0.227 e. The SMILES string of the molecule is CN(C)CCN(C)c1ccc(NC=O)cc1.CNc1ccc(-c2nc(N3CCOCC3)c3onc(C4CCN(Cc5ccccc5)CC4)c3n2)cc1. The van der Waals surface area contributed by atoms with Crippen molar-refractivity contribution in [2.45, 2.75) is 25.3 Å². The number of fused-ring (bicyclic) bond motifs is 1. The van der Waals surface area contributed by atoms with E-state index in [2.05, 4.69) is 99.0 Å². The molecular weight excluding hydrogens is 654 g/mol. The van der Waals surface area contributed by atoms with Crippen LogP contribution in [0.4, 0.5) is 22.9 Å². The van der Waals surface area contributed by atoms with Crippen molar-refractivity contribution in [3.8, 4) is 11.4 Å². The van der Waals surface area contributed by atoms with Gasteiger partial charge in [-0.15, -0.1) is 0 Å². The monoisotopic (exact) mass is 705 g/mol. The summed E-state index contributed by atoms with van der Waals surface area (Å²) in [6.45, 7) is 7.97. The maximum absolute atomic E-state index is 10.2. The minimum Gasteiger partial charge on any atom is -0.388 e. The summed E-state index contributed by atoms with van der Waals surface area (Å²) in [5, 5.41) is 10.4. The molecule has 7 rings (SSSR count). The fraction of sp³-hybridized carbons (Fsp3) is 0.400. The number of carbonyl (C=O) groups is 1. The van der Waals surface area contributed by atoms with Gasteiger partial charge in [0.2, 0.25) is 12.0 Å². The fourth-order valence-electron chi connectivity index (χ4n) is 6.57. The van der Waals surface area contributed by atoms with Gasteiger partial charge >= 0.3 is 0 Å². The summed E-state index contributed by atoms with van der Waals surface area (Å²) >= 11 is 0. The van der Waals surface area contributed by atoms with Crippen LogP contribution in [-0.2, 0) is 16.1 Å². The van der Waals surface area contributed by atoms with Gasteiger partial charge < -0.3 is 34.6 Å². The first kappa shape index (κ1) is 36.7. The Kier molecular flexibility index (Phi) is 12.7. The van der Waals surface area contributed by atoms with Gasteiger partial charge in [0.1, 0.15) is 11.2 Å². The van der Waals surface area contributed by atoms with Crippen LogP contribution in [0.25, 0.3) is 22.5 Å². The molecule has 0 aliphatic carbocycles. The Balaban J connectivity index is 0.000000245. The summed E-state index contributed by atoms with van der Waals surface area (Å²) in [6.07, 6.45) is 2.76. The van der Waals surface area contributed by atoms with E-state index in [4.69, 9.17) is 19.2 Å². The predicted octanol–water partition coefficient (Wildman–Crippen LogP) is 5.80. The molecule has 0 saturated carbocycles. The maximum atomic E-state index is 10.2. The van der Waals surface area contributed by atoms with Gasteiger partial charge in [-0.3, -0.25) is 9.69 Å². The first-order chi connectivity index (χ1) is 25.4. The highest BCUT2D eigenvalue weighted by Gasteiger charge is 2.29. The second-order valence-electron chi connectivity index (χ2n) is 13.6. The molecule has 12 heteroatoms. The van der Waals surface area contributed by atoms with E-state index >= 15 is 0 Å². The molecule has 12 nitrogen and oxygen atoms in total. The van der Waals surface area contributed by atoms with Crippen LogP contribution in [0.5, 0.6) is 0 Å². The number of amides is 1. The summed E-state index contributed by atoms with van der Waals surface area (Å²) in [6, 6.07) is 26.7. The Morgan fingerprint density at radius 3 is 2.19 bits per heavy atom. The van der Waals surface area contributed by atoms with Gasteiger partial charge in [-0.2, -0.15) is 0 Å². The van der Waals surface area contributed by atoms with Crippen LogP contribution in [0.3, 0.4) is 0 Å². The number of rotatable bonds is 12. The molecule has 274 valence electrons. The number of nitrogens with one attached hydrogen (secondary N) is 2. The number of morpholine rings is 1. The van der Waals surface area contributed by atoms with Gasteiger partial charge in [0.25, 0.3) is 0 Å². The van der Waals surface area contributed by atoms with Gasteiger partial charge in [0.05, 0.1) is 13.2 Å². The largest absolute Gasteiger partial charge is 0.388 e. The lowest BCUT2D eigenvalue weighted by Crippen LogP contribution is -2.37. The van der Waals surface area contributed by atoms with Gasteiger partial charge in [-0.25, -0.2) is 9.97 Å². The predicted molar refractivity (Wildman–Crippen MR) is 209 cm³/mol. The van der Waals surface area contributed by atoms with Crippen LogP contribution < -0.4 is 20.4 Å². The van der Waals surface area contributed by atoms with E-state index in [1.165, 1.54) is 5.56 Å². The zero-order valence-corrected chi connectivity index (χ0v) is 30.8. The molecule has 2 N–H and O–H groups in total. The molecule has 2 saturated heterocycles. The number of likely N-dealkylation sites (N-methyl/N-ethyl adjacent to an activating group) is 2. The van der Waals surface area contributed by atoms with Crippen molar-refractivity contribution in [3.05, 3.63) is 90.1 Å². The molecule has 3 aromatic carbocycles. The molecule has 0 spiro atoms. The summed E-state index contributed by atoms with van der Waals surface area (Å²) in [7, 11) is 8.10. The second-order valence-corrected chi connectivity index (χ2v) is 13.6. The van der Waals surface area contributed by atoms with E-state index in [1.54, 1.807) is 0 Å². The molecule has 2 fully saturated rings. The summed E-state index contributed by atoms with van der Waals surface area (Å²) < 4.78 is 11.5. The Bertz CT molecular complexity index is 1830. The van der Waals surface area contributed by atoms with Crippen LogP contribution in [0.2, 0.25) is 0 Å². The topological polar surface area (TPSA) is 115 Å². The Morgan fingerprint density at radius 2 is 1.54 bits per heavy atom. The van der Waals surface area contributed by atoms with Crippen molar-refractivity contribution in [2.75, 3.05) is 101 Å². The van der Waals surface area contributed by atoms with E-state index in [1.807, 2.05) is 43.4 Å². The lowest BCUT2D eigenvalue weighted by molar-refractivity contribution is -0.105. The smallest absolute Gasteiger partial charge is 0.227 e. The first-order valence-electron chi connectivity index (χ1n) is 18.1. The highest BCUT2D eigenvalue weighted by Crippen LogP contribution is 2.36. The van der Waals surface area contributed by atoms with Crippen LogP contribution in [-0.4, -0.2) is 112 Å². The molecule has 4 heterocycles. The van der Waals surface area contributed by atoms with Crippen LogP contribution in [0.1, 0.15) is 30.0 Å². The molecule has 1 amide bonds. The fourth-order valence-corrected chi connectivity index (χ4v) is 6.57. The number of hydrogen-bond acceptors (Lipinski definition) is 11. The zero-order chi connectivity index (χ0) is 36.3. The van der Waals surface area contributed by atoms with E-state index in [0.717, 1.165) is 98.3 Å². The van der Waals surface area contributed by atoms with Crippen molar-refractivity contribution in [3.63, 3.8) is 0 Å². The third-order valence-corrected chi connectivity index (χ3v) is 9.71. The van der Waals surface area contributed by atoms with E-state index in [-0.39, 0.29) is 0 Å². The lowest BCUT2D eigenvalue weighted by Gasteiger charge is -2.31.